The minimum Gasteiger partial charge on any atom is -0.497 e. The van der Waals surface area contributed by atoms with Crippen molar-refractivity contribution in [2.24, 2.45) is 0 Å². The van der Waals surface area contributed by atoms with Crippen molar-refractivity contribution in [1.82, 2.24) is 5.32 Å². The Hall–Kier alpha value is -3.74. The van der Waals surface area contributed by atoms with E-state index in [1.54, 1.807) is 43.5 Å². The Morgan fingerprint density at radius 1 is 1.06 bits per heavy atom. The van der Waals surface area contributed by atoms with E-state index in [0.717, 1.165) is 25.7 Å². The van der Waals surface area contributed by atoms with E-state index in [4.69, 9.17) is 13.9 Å². The Labute approximate surface area is 199 Å². The van der Waals surface area contributed by atoms with Gasteiger partial charge >= 0.3 is 0 Å². The molecule has 2 amide bonds. The third-order valence-corrected chi connectivity index (χ3v) is 6.00. The van der Waals surface area contributed by atoms with Crippen LogP contribution in [-0.4, -0.2) is 31.6 Å². The standard InChI is InChI=1S/C27H30N2O5/c1-3-33-22-15-13-19(14-16-22)25(26(30)28-20-8-4-5-9-20)29(27(31)24-12-7-17-34-24)21-10-6-11-23(18-21)32-2/h6-7,10-18,20,25H,3-5,8-9H2,1-2H3,(H,28,30)/t25-/m1/s1. The number of anilines is 1. The number of nitrogens with zero attached hydrogens (tertiary/aromatic N) is 1. The average molecular weight is 463 g/mol. The lowest BCUT2D eigenvalue weighted by atomic mass is 10.0. The summed E-state index contributed by atoms with van der Waals surface area (Å²) in [5.41, 5.74) is 1.20. The minimum atomic E-state index is -0.916. The highest BCUT2D eigenvalue weighted by molar-refractivity contribution is 6.08. The van der Waals surface area contributed by atoms with Gasteiger partial charge in [-0.1, -0.05) is 31.0 Å². The van der Waals surface area contributed by atoms with E-state index >= 15 is 0 Å². The lowest BCUT2D eigenvalue weighted by Crippen LogP contribution is -2.46. The monoisotopic (exact) mass is 462 g/mol. The second-order valence-electron chi connectivity index (χ2n) is 8.25. The maximum Gasteiger partial charge on any atom is 0.294 e. The van der Waals surface area contributed by atoms with E-state index in [0.29, 0.717) is 29.4 Å². The summed E-state index contributed by atoms with van der Waals surface area (Å²) < 4.78 is 16.4. The fraction of sp³-hybridized carbons (Fsp3) is 0.333. The van der Waals surface area contributed by atoms with E-state index in [-0.39, 0.29) is 17.7 Å². The SMILES string of the molecule is CCOc1ccc([C@H](C(=O)NC2CCCC2)N(C(=O)c2ccco2)c2cccc(OC)c2)cc1. The van der Waals surface area contributed by atoms with Crippen LogP contribution in [0.4, 0.5) is 5.69 Å². The molecule has 0 radical (unpaired) electrons. The van der Waals surface area contributed by atoms with Gasteiger partial charge < -0.3 is 19.2 Å². The number of methoxy groups -OCH3 is 1. The molecule has 1 heterocycles. The number of benzene rings is 2. The first-order valence-corrected chi connectivity index (χ1v) is 11.6. The van der Waals surface area contributed by atoms with Crippen molar-refractivity contribution in [1.29, 1.82) is 0 Å². The van der Waals surface area contributed by atoms with Crippen LogP contribution in [0.3, 0.4) is 0 Å². The fourth-order valence-corrected chi connectivity index (χ4v) is 4.34. The van der Waals surface area contributed by atoms with Crippen molar-refractivity contribution in [3.8, 4) is 11.5 Å². The second kappa shape index (κ2) is 10.9. The molecule has 178 valence electrons. The van der Waals surface area contributed by atoms with Crippen molar-refractivity contribution in [3.63, 3.8) is 0 Å². The topological polar surface area (TPSA) is 81.0 Å². The Kier molecular flexibility index (Phi) is 7.52. The zero-order chi connectivity index (χ0) is 23.9. The Balaban J connectivity index is 1.80. The maximum absolute atomic E-state index is 13.8. The smallest absolute Gasteiger partial charge is 0.294 e. The van der Waals surface area contributed by atoms with Crippen LogP contribution in [0.15, 0.2) is 71.3 Å². The van der Waals surface area contributed by atoms with Crippen molar-refractivity contribution in [2.45, 2.75) is 44.7 Å². The number of hydrogen-bond donors (Lipinski definition) is 1. The molecule has 7 heteroatoms. The summed E-state index contributed by atoms with van der Waals surface area (Å²) in [6.45, 7) is 2.45. The number of nitrogens with one attached hydrogen (secondary N) is 1. The summed E-state index contributed by atoms with van der Waals surface area (Å²) in [6.07, 6.45) is 5.49. The lowest BCUT2D eigenvalue weighted by molar-refractivity contribution is -0.123. The van der Waals surface area contributed by atoms with Gasteiger partial charge in [-0.2, -0.15) is 0 Å². The van der Waals surface area contributed by atoms with E-state index in [2.05, 4.69) is 5.32 Å². The number of rotatable bonds is 9. The molecule has 0 unspecified atom stereocenters. The summed E-state index contributed by atoms with van der Waals surface area (Å²) in [5, 5.41) is 3.17. The number of carbonyl (C=O) groups excluding carboxylic acids is 2. The first-order valence-electron chi connectivity index (χ1n) is 11.6. The molecule has 2 aromatic carbocycles. The first kappa shape index (κ1) is 23.4. The summed E-state index contributed by atoms with van der Waals surface area (Å²) >= 11 is 0. The van der Waals surface area contributed by atoms with E-state index in [1.807, 2.05) is 31.2 Å². The van der Waals surface area contributed by atoms with Crippen LogP contribution in [0, 0.1) is 0 Å². The van der Waals surface area contributed by atoms with E-state index in [9.17, 15) is 9.59 Å². The van der Waals surface area contributed by atoms with Crippen molar-refractivity contribution in [3.05, 3.63) is 78.3 Å². The molecule has 34 heavy (non-hydrogen) atoms. The highest BCUT2D eigenvalue weighted by Gasteiger charge is 2.36. The third kappa shape index (κ3) is 5.25. The molecule has 1 N–H and O–H groups in total. The summed E-state index contributed by atoms with van der Waals surface area (Å²) in [7, 11) is 1.56. The quantitative estimate of drug-likeness (QED) is 0.477. The summed E-state index contributed by atoms with van der Waals surface area (Å²) in [6, 6.07) is 16.8. The predicted molar refractivity (Wildman–Crippen MR) is 129 cm³/mol. The first-order chi connectivity index (χ1) is 16.6. The molecule has 1 aliphatic rings. The molecule has 0 aliphatic heterocycles. The molecule has 1 aromatic heterocycles. The van der Waals surface area contributed by atoms with Gasteiger partial charge in [0.1, 0.15) is 17.5 Å². The van der Waals surface area contributed by atoms with Gasteiger partial charge in [0.05, 0.1) is 20.0 Å². The molecular weight excluding hydrogens is 432 g/mol. The molecule has 3 aromatic rings. The van der Waals surface area contributed by atoms with E-state index in [1.165, 1.54) is 11.2 Å². The maximum atomic E-state index is 13.8. The van der Waals surface area contributed by atoms with E-state index < -0.39 is 11.9 Å². The highest BCUT2D eigenvalue weighted by Crippen LogP contribution is 2.33. The number of hydrogen-bond acceptors (Lipinski definition) is 5. The highest BCUT2D eigenvalue weighted by atomic mass is 16.5. The Morgan fingerprint density at radius 3 is 2.47 bits per heavy atom. The number of amides is 2. The predicted octanol–water partition coefficient (Wildman–Crippen LogP) is 5.13. The fourth-order valence-electron chi connectivity index (χ4n) is 4.34. The lowest BCUT2D eigenvalue weighted by Gasteiger charge is -2.32. The molecule has 1 fully saturated rings. The van der Waals surface area contributed by atoms with Crippen LogP contribution in [-0.2, 0) is 4.79 Å². The zero-order valence-electron chi connectivity index (χ0n) is 19.5. The normalized spacial score (nSPS) is 14.4. The van der Waals surface area contributed by atoms with Crippen LogP contribution in [0.2, 0.25) is 0 Å². The van der Waals surface area contributed by atoms with Gasteiger partial charge in [0.25, 0.3) is 5.91 Å². The van der Waals surface area contributed by atoms with Crippen LogP contribution < -0.4 is 19.7 Å². The molecule has 1 atom stereocenters. The third-order valence-electron chi connectivity index (χ3n) is 6.00. The van der Waals surface area contributed by atoms with Gasteiger partial charge in [0.15, 0.2) is 5.76 Å². The van der Waals surface area contributed by atoms with Gasteiger partial charge in [0.2, 0.25) is 5.91 Å². The Morgan fingerprint density at radius 2 is 1.82 bits per heavy atom. The Bertz CT molecular complexity index is 1090. The zero-order valence-corrected chi connectivity index (χ0v) is 19.5. The van der Waals surface area contributed by atoms with Crippen molar-refractivity contribution < 1.29 is 23.5 Å². The van der Waals surface area contributed by atoms with Gasteiger partial charge in [-0.05, 0) is 61.7 Å². The molecule has 0 bridgehead atoms. The second-order valence-corrected chi connectivity index (χ2v) is 8.25. The molecular formula is C27H30N2O5. The molecule has 4 rings (SSSR count). The molecule has 7 nitrogen and oxygen atoms in total. The van der Waals surface area contributed by atoms with Gasteiger partial charge in [-0.15, -0.1) is 0 Å². The van der Waals surface area contributed by atoms with Gasteiger partial charge in [-0.25, -0.2) is 0 Å². The van der Waals surface area contributed by atoms with Crippen LogP contribution in [0.25, 0.3) is 0 Å². The summed E-state index contributed by atoms with van der Waals surface area (Å²) in [4.78, 5) is 28.9. The largest absolute Gasteiger partial charge is 0.497 e. The van der Waals surface area contributed by atoms with Crippen molar-refractivity contribution in [2.75, 3.05) is 18.6 Å². The van der Waals surface area contributed by atoms with Crippen LogP contribution in [0.1, 0.15) is 54.8 Å². The van der Waals surface area contributed by atoms with Crippen LogP contribution in [0.5, 0.6) is 11.5 Å². The van der Waals surface area contributed by atoms with Crippen molar-refractivity contribution >= 4 is 17.5 Å². The number of furan rings is 1. The number of carbonyl (C=O) groups is 2. The summed E-state index contributed by atoms with van der Waals surface area (Å²) in [5.74, 6) is 0.771. The number of ether oxygens (including phenoxy) is 2. The molecule has 1 saturated carbocycles. The minimum absolute atomic E-state index is 0.101. The van der Waals surface area contributed by atoms with Gasteiger partial charge in [-0.3, -0.25) is 14.5 Å². The molecule has 0 saturated heterocycles. The van der Waals surface area contributed by atoms with Crippen LogP contribution >= 0.6 is 0 Å². The molecule has 0 spiro atoms. The molecule has 1 aliphatic carbocycles. The van der Waals surface area contributed by atoms with Gasteiger partial charge in [0, 0.05) is 17.8 Å². The average Bonchev–Trinajstić information content (AvgIpc) is 3.58.